The van der Waals surface area contributed by atoms with E-state index in [4.69, 9.17) is 0 Å². The number of carbonyl (C=O) groups is 1. The minimum atomic E-state index is -1.72. The van der Waals surface area contributed by atoms with Crippen molar-refractivity contribution in [3.8, 4) is 0 Å². The van der Waals surface area contributed by atoms with Gasteiger partial charge in [-0.25, -0.2) is 0 Å². The van der Waals surface area contributed by atoms with Gasteiger partial charge in [0, 0.05) is 6.42 Å². The van der Waals surface area contributed by atoms with Crippen LogP contribution in [0, 0.1) is 0 Å². The predicted molar refractivity (Wildman–Crippen MR) is 106 cm³/mol. The fraction of sp³-hybridized carbons (Fsp3) is 0.450. The second-order valence-electron chi connectivity index (χ2n) is 9.18. The Balaban J connectivity index is 2.16. The summed E-state index contributed by atoms with van der Waals surface area (Å²) in [5, 5.41) is 4.88. The third-order valence-corrected chi connectivity index (χ3v) is 10.9. The maximum Gasteiger partial charge on any atom is 0.123 e. The number of benzene rings is 2. The zero-order valence-corrected chi connectivity index (χ0v) is 17.3. The average Bonchev–Trinajstić information content (AvgIpc) is 2.64. The number of hydrogen-bond donors (Lipinski definition) is 0. The van der Waals surface area contributed by atoms with Gasteiger partial charge in [0.15, 0.2) is 0 Å². The van der Waals surface area contributed by atoms with Crippen molar-refractivity contribution >= 4 is 37.5 Å². The van der Waals surface area contributed by atoms with Gasteiger partial charge in [-0.15, -0.1) is 0 Å². The van der Waals surface area contributed by atoms with Crippen LogP contribution in [0.4, 0.5) is 0 Å². The van der Waals surface area contributed by atoms with E-state index in [1.807, 2.05) is 0 Å². The topological polar surface area (TPSA) is 17.1 Å². The Morgan fingerprint density at radius 1 is 1.13 bits per heavy atom. The Labute approximate surface area is 142 Å². The van der Waals surface area contributed by atoms with Gasteiger partial charge < -0.3 is 4.79 Å². The molecule has 0 saturated carbocycles. The number of fused-ring (bicyclic) bond motifs is 3. The van der Waals surface area contributed by atoms with Gasteiger partial charge in [-0.2, -0.15) is 0 Å². The summed E-state index contributed by atoms with van der Waals surface area (Å²) in [5.41, 5.74) is 1.49. The molecule has 3 heteroatoms. The second kappa shape index (κ2) is 5.15. The van der Waals surface area contributed by atoms with Gasteiger partial charge in [0.05, 0.1) is 8.07 Å². The Hall–Kier alpha value is -1.20. The van der Waals surface area contributed by atoms with Gasteiger partial charge in [0.1, 0.15) is 13.5 Å². The lowest BCUT2D eigenvalue weighted by atomic mass is 9.81. The third kappa shape index (κ3) is 2.74. The monoisotopic (exact) mass is 340 g/mol. The van der Waals surface area contributed by atoms with Gasteiger partial charge in [-0.3, -0.25) is 0 Å². The molecule has 23 heavy (non-hydrogen) atoms. The van der Waals surface area contributed by atoms with E-state index in [2.05, 4.69) is 76.1 Å². The van der Waals surface area contributed by atoms with Crippen molar-refractivity contribution in [2.24, 2.45) is 0 Å². The molecular formula is C20H28OSi2. The summed E-state index contributed by atoms with van der Waals surface area (Å²) < 4.78 is 0. The van der Waals surface area contributed by atoms with Crippen LogP contribution < -0.4 is 5.19 Å². The molecule has 0 bridgehead atoms. The molecule has 0 radical (unpaired) electrons. The molecule has 1 unspecified atom stereocenters. The maximum atomic E-state index is 12.8. The van der Waals surface area contributed by atoms with E-state index in [1.54, 1.807) is 5.19 Å². The second-order valence-corrected chi connectivity index (χ2v) is 18.9. The molecule has 2 aromatic carbocycles. The van der Waals surface area contributed by atoms with Crippen LogP contribution in [0.1, 0.15) is 18.9 Å². The molecule has 3 rings (SSSR count). The summed E-state index contributed by atoms with van der Waals surface area (Å²) in [4.78, 5) is 12.8. The van der Waals surface area contributed by atoms with Gasteiger partial charge in [0.25, 0.3) is 0 Å². The normalized spacial score (nSPS) is 23.0. The van der Waals surface area contributed by atoms with Crippen LogP contribution in [-0.2, 0) is 10.2 Å². The summed E-state index contributed by atoms with van der Waals surface area (Å²) in [6.07, 6.45) is 0.727. The molecule has 0 aliphatic carbocycles. The summed E-state index contributed by atoms with van der Waals surface area (Å²) in [6.45, 7) is 13.8. The minimum absolute atomic E-state index is 0.0342. The van der Waals surface area contributed by atoms with Crippen LogP contribution in [0.3, 0.4) is 0 Å². The molecule has 0 spiro atoms. The van der Waals surface area contributed by atoms with E-state index in [0.717, 1.165) is 6.42 Å². The van der Waals surface area contributed by atoms with E-state index in [0.29, 0.717) is 5.41 Å². The first-order chi connectivity index (χ1) is 10.5. The fourth-order valence-electron chi connectivity index (χ4n) is 4.44. The molecule has 122 valence electrons. The standard InChI is InChI=1S/C20H28OSi2/c1-20(13-18(21)22(2,3)4)14-23(5,6)19-16-10-8-7-9-15(16)11-12-17(19)20/h7-12H,13-14H2,1-6H3. The van der Waals surface area contributed by atoms with E-state index in [1.165, 1.54) is 22.4 Å². The van der Waals surface area contributed by atoms with Crippen molar-refractivity contribution in [2.45, 2.75) is 57.5 Å². The Morgan fingerprint density at radius 2 is 1.78 bits per heavy atom. The van der Waals surface area contributed by atoms with Crippen molar-refractivity contribution < 1.29 is 4.79 Å². The maximum absolute atomic E-state index is 12.8. The quantitative estimate of drug-likeness (QED) is 0.729. The van der Waals surface area contributed by atoms with Gasteiger partial charge in [-0.1, -0.05) is 76.1 Å². The van der Waals surface area contributed by atoms with Crippen molar-refractivity contribution in [3.05, 3.63) is 42.0 Å². The van der Waals surface area contributed by atoms with Gasteiger partial charge in [-0.05, 0) is 33.0 Å². The fourth-order valence-corrected chi connectivity index (χ4v) is 9.87. The molecule has 0 N–H and O–H groups in total. The Morgan fingerprint density at radius 3 is 2.43 bits per heavy atom. The Bertz CT molecular complexity index is 786. The van der Waals surface area contributed by atoms with Crippen molar-refractivity contribution in [3.63, 3.8) is 0 Å². The van der Waals surface area contributed by atoms with E-state index in [9.17, 15) is 4.79 Å². The lowest BCUT2D eigenvalue weighted by Crippen LogP contribution is -2.40. The third-order valence-electron chi connectivity index (χ3n) is 5.48. The molecule has 1 heterocycles. The van der Waals surface area contributed by atoms with E-state index in [-0.39, 0.29) is 5.41 Å². The highest BCUT2D eigenvalue weighted by molar-refractivity contribution is 7.03. The highest BCUT2D eigenvalue weighted by Crippen LogP contribution is 2.44. The van der Waals surface area contributed by atoms with Crippen LogP contribution in [-0.4, -0.2) is 21.6 Å². The summed E-state index contributed by atoms with van der Waals surface area (Å²) in [5.74, 6) is 0. The molecule has 0 saturated heterocycles. The SMILES string of the molecule is CC1(CC(=O)[Si](C)(C)C)C[Si](C)(C)c2c1ccc1ccccc21. The lowest BCUT2D eigenvalue weighted by Gasteiger charge is -2.29. The summed E-state index contributed by atoms with van der Waals surface area (Å²) in [7, 11) is -3.24. The highest BCUT2D eigenvalue weighted by Gasteiger charge is 2.48. The van der Waals surface area contributed by atoms with Gasteiger partial charge in [0.2, 0.25) is 0 Å². The summed E-state index contributed by atoms with van der Waals surface area (Å²) >= 11 is 0. The van der Waals surface area contributed by atoms with Crippen LogP contribution >= 0.6 is 0 Å². The largest absolute Gasteiger partial charge is 0.305 e. The van der Waals surface area contributed by atoms with Crippen LogP contribution in [0.2, 0.25) is 38.8 Å². The first-order valence-electron chi connectivity index (χ1n) is 8.61. The van der Waals surface area contributed by atoms with E-state index >= 15 is 0 Å². The van der Waals surface area contributed by atoms with Gasteiger partial charge >= 0.3 is 0 Å². The van der Waals surface area contributed by atoms with Crippen molar-refractivity contribution in [1.82, 2.24) is 0 Å². The zero-order chi connectivity index (χ0) is 17.0. The molecule has 1 atom stereocenters. The van der Waals surface area contributed by atoms with Crippen LogP contribution in [0.15, 0.2) is 36.4 Å². The Kier molecular flexibility index (Phi) is 3.73. The molecule has 2 aromatic rings. The smallest absolute Gasteiger partial charge is 0.123 e. The number of hydrogen-bond acceptors (Lipinski definition) is 1. The average molecular weight is 341 g/mol. The lowest BCUT2D eigenvalue weighted by molar-refractivity contribution is -0.113. The van der Waals surface area contributed by atoms with Crippen LogP contribution in [0.5, 0.6) is 0 Å². The minimum Gasteiger partial charge on any atom is -0.305 e. The van der Waals surface area contributed by atoms with Crippen molar-refractivity contribution in [1.29, 1.82) is 0 Å². The molecule has 1 nitrogen and oxygen atoms in total. The van der Waals surface area contributed by atoms with E-state index < -0.39 is 16.1 Å². The highest BCUT2D eigenvalue weighted by atomic mass is 28.3. The first kappa shape index (κ1) is 16.7. The molecular weight excluding hydrogens is 312 g/mol. The summed E-state index contributed by atoms with van der Waals surface area (Å²) in [6, 6.07) is 14.5. The van der Waals surface area contributed by atoms with Crippen LogP contribution in [0.25, 0.3) is 10.8 Å². The number of carbonyl (C=O) groups excluding carboxylic acids is 1. The van der Waals surface area contributed by atoms with Crippen molar-refractivity contribution in [2.75, 3.05) is 0 Å². The molecule has 1 aliphatic rings. The number of rotatable bonds is 3. The predicted octanol–water partition coefficient (Wildman–Crippen LogP) is 4.86. The molecule has 0 aromatic heterocycles. The molecule has 1 aliphatic heterocycles. The molecule has 0 amide bonds. The molecule has 0 fully saturated rings. The first-order valence-corrected chi connectivity index (χ1v) is 15.3. The zero-order valence-electron chi connectivity index (χ0n) is 15.3.